The summed E-state index contributed by atoms with van der Waals surface area (Å²) >= 11 is 1.66. The molecule has 0 aliphatic heterocycles. The zero-order valence-corrected chi connectivity index (χ0v) is 12.7. The molecule has 0 aromatic carbocycles. The van der Waals surface area contributed by atoms with Crippen LogP contribution in [-0.2, 0) is 12.6 Å². The number of carbonyl (C=O) groups is 1. The SMILES string of the molecule is O=C(Nc1ccc(C(F)(F)F)nn1)NC1CCCc2sccc21. The van der Waals surface area contributed by atoms with Crippen LogP contribution in [0.2, 0.25) is 0 Å². The summed E-state index contributed by atoms with van der Waals surface area (Å²) in [6.07, 6.45) is -1.73. The van der Waals surface area contributed by atoms with Gasteiger partial charge in [0.25, 0.3) is 0 Å². The predicted octanol–water partition coefficient (Wildman–Crippen LogP) is 3.76. The maximum Gasteiger partial charge on any atom is 0.435 e. The second-order valence-corrected chi connectivity index (χ2v) is 6.14. The van der Waals surface area contributed by atoms with Crippen LogP contribution in [0.4, 0.5) is 23.8 Å². The first-order chi connectivity index (χ1) is 10.9. The first-order valence-electron chi connectivity index (χ1n) is 6.98. The second kappa shape index (κ2) is 6.15. The Hall–Kier alpha value is -2.16. The Morgan fingerprint density at radius 1 is 1.26 bits per heavy atom. The number of aromatic nitrogens is 2. The van der Waals surface area contributed by atoms with Gasteiger partial charge in [-0.1, -0.05) is 0 Å². The van der Waals surface area contributed by atoms with Crippen LogP contribution in [0.5, 0.6) is 0 Å². The van der Waals surface area contributed by atoms with Gasteiger partial charge in [-0.15, -0.1) is 21.5 Å². The molecule has 2 heterocycles. The molecule has 5 nitrogen and oxygen atoms in total. The molecule has 1 aliphatic carbocycles. The van der Waals surface area contributed by atoms with Gasteiger partial charge in [0.1, 0.15) is 0 Å². The molecule has 1 aliphatic rings. The molecular formula is C14H13F3N4OS. The Morgan fingerprint density at radius 2 is 2.09 bits per heavy atom. The van der Waals surface area contributed by atoms with Crippen molar-refractivity contribution < 1.29 is 18.0 Å². The number of anilines is 1. The number of nitrogens with zero attached hydrogens (tertiary/aromatic N) is 2. The van der Waals surface area contributed by atoms with E-state index in [9.17, 15) is 18.0 Å². The van der Waals surface area contributed by atoms with Crippen molar-refractivity contribution in [1.82, 2.24) is 15.5 Å². The van der Waals surface area contributed by atoms with Gasteiger partial charge in [0, 0.05) is 4.88 Å². The van der Waals surface area contributed by atoms with E-state index < -0.39 is 17.9 Å². The minimum atomic E-state index is -4.55. The Bertz CT molecular complexity index is 699. The molecule has 2 amide bonds. The number of urea groups is 1. The summed E-state index contributed by atoms with van der Waals surface area (Å²) < 4.78 is 37.2. The number of nitrogens with one attached hydrogen (secondary N) is 2. The van der Waals surface area contributed by atoms with E-state index in [1.807, 2.05) is 11.4 Å². The minimum absolute atomic E-state index is 0.0307. The third-order valence-electron chi connectivity index (χ3n) is 3.55. The van der Waals surface area contributed by atoms with Crippen LogP contribution in [0.1, 0.15) is 35.0 Å². The van der Waals surface area contributed by atoms with E-state index in [2.05, 4.69) is 20.8 Å². The molecule has 3 rings (SSSR count). The van der Waals surface area contributed by atoms with Crippen molar-refractivity contribution in [1.29, 1.82) is 0 Å². The lowest BCUT2D eigenvalue weighted by molar-refractivity contribution is -0.141. The lowest BCUT2D eigenvalue weighted by Gasteiger charge is -2.23. The largest absolute Gasteiger partial charge is 0.435 e. The van der Waals surface area contributed by atoms with Crippen LogP contribution in [-0.4, -0.2) is 16.2 Å². The van der Waals surface area contributed by atoms with E-state index in [0.29, 0.717) is 0 Å². The van der Waals surface area contributed by atoms with Crippen LogP contribution >= 0.6 is 11.3 Å². The smallest absolute Gasteiger partial charge is 0.331 e. The predicted molar refractivity (Wildman–Crippen MR) is 79.2 cm³/mol. The van der Waals surface area contributed by atoms with E-state index in [1.165, 1.54) is 4.88 Å². The average molecular weight is 342 g/mol. The average Bonchev–Trinajstić information content (AvgIpc) is 2.96. The highest BCUT2D eigenvalue weighted by molar-refractivity contribution is 7.10. The van der Waals surface area contributed by atoms with Gasteiger partial charge in [-0.25, -0.2) is 4.79 Å². The van der Waals surface area contributed by atoms with Crippen molar-refractivity contribution in [3.8, 4) is 0 Å². The first-order valence-corrected chi connectivity index (χ1v) is 7.86. The van der Waals surface area contributed by atoms with Crippen molar-refractivity contribution in [2.45, 2.75) is 31.5 Å². The number of aryl methyl sites for hydroxylation is 1. The minimum Gasteiger partial charge on any atom is -0.331 e. The van der Waals surface area contributed by atoms with Gasteiger partial charge < -0.3 is 5.32 Å². The molecule has 1 unspecified atom stereocenters. The van der Waals surface area contributed by atoms with Crippen LogP contribution in [0.15, 0.2) is 23.6 Å². The number of amides is 2. The fraction of sp³-hybridized carbons (Fsp3) is 0.357. The number of hydrogen-bond acceptors (Lipinski definition) is 4. The number of fused-ring (bicyclic) bond motifs is 1. The van der Waals surface area contributed by atoms with Gasteiger partial charge in [-0.05, 0) is 48.4 Å². The van der Waals surface area contributed by atoms with E-state index in [-0.39, 0.29) is 11.9 Å². The van der Waals surface area contributed by atoms with Gasteiger partial charge in [-0.3, -0.25) is 5.32 Å². The third kappa shape index (κ3) is 3.61. The molecule has 0 fully saturated rings. The lowest BCUT2D eigenvalue weighted by atomic mass is 9.94. The number of alkyl halides is 3. The standard InChI is InChI=1S/C14H13F3N4OS/c15-14(16,17)11-4-5-12(21-20-11)19-13(22)18-9-2-1-3-10-8(9)6-7-23-10/h4-7,9H,1-3H2,(H2,18,19,21,22). The van der Waals surface area contributed by atoms with Gasteiger partial charge in [-0.2, -0.15) is 13.2 Å². The van der Waals surface area contributed by atoms with E-state index in [4.69, 9.17) is 0 Å². The summed E-state index contributed by atoms with van der Waals surface area (Å²) in [6.45, 7) is 0. The second-order valence-electron chi connectivity index (χ2n) is 5.14. The molecule has 2 aromatic rings. The molecule has 0 spiro atoms. The summed E-state index contributed by atoms with van der Waals surface area (Å²) in [7, 11) is 0. The molecule has 0 radical (unpaired) electrons. The van der Waals surface area contributed by atoms with Gasteiger partial charge in [0.05, 0.1) is 6.04 Å². The van der Waals surface area contributed by atoms with E-state index >= 15 is 0 Å². The Labute approximate surface area is 133 Å². The topological polar surface area (TPSA) is 66.9 Å². The Balaban J connectivity index is 1.62. The van der Waals surface area contributed by atoms with Crippen LogP contribution in [0, 0.1) is 0 Å². The van der Waals surface area contributed by atoms with Gasteiger partial charge in [0.15, 0.2) is 11.5 Å². The number of rotatable bonds is 2. The number of carbonyl (C=O) groups excluding carboxylic acids is 1. The maximum absolute atomic E-state index is 12.4. The van der Waals surface area contributed by atoms with E-state index in [1.54, 1.807) is 11.3 Å². The van der Waals surface area contributed by atoms with Crippen molar-refractivity contribution >= 4 is 23.2 Å². The first kappa shape index (κ1) is 15.7. The third-order valence-corrected chi connectivity index (χ3v) is 4.55. The Kier molecular flexibility index (Phi) is 4.20. The van der Waals surface area contributed by atoms with Crippen LogP contribution < -0.4 is 10.6 Å². The molecule has 0 bridgehead atoms. The van der Waals surface area contributed by atoms with Crippen molar-refractivity contribution in [3.05, 3.63) is 39.7 Å². The van der Waals surface area contributed by atoms with Crippen molar-refractivity contribution in [2.75, 3.05) is 5.32 Å². The van der Waals surface area contributed by atoms with E-state index in [0.717, 1.165) is 37.0 Å². The zero-order chi connectivity index (χ0) is 16.4. The summed E-state index contributed by atoms with van der Waals surface area (Å²) in [4.78, 5) is 13.2. The molecule has 9 heteroatoms. The quantitative estimate of drug-likeness (QED) is 0.873. The summed E-state index contributed by atoms with van der Waals surface area (Å²) in [6, 6.07) is 3.24. The monoisotopic (exact) mass is 342 g/mol. The zero-order valence-electron chi connectivity index (χ0n) is 11.9. The summed E-state index contributed by atoms with van der Waals surface area (Å²) in [5, 5.41) is 13.6. The molecule has 23 heavy (non-hydrogen) atoms. The van der Waals surface area contributed by atoms with Gasteiger partial charge in [0.2, 0.25) is 0 Å². The molecular weight excluding hydrogens is 329 g/mol. The number of thiophene rings is 1. The fourth-order valence-electron chi connectivity index (χ4n) is 2.50. The highest BCUT2D eigenvalue weighted by atomic mass is 32.1. The molecule has 122 valence electrons. The molecule has 2 N–H and O–H groups in total. The maximum atomic E-state index is 12.4. The number of hydrogen-bond donors (Lipinski definition) is 2. The molecule has 1 atom stereocenters. The van der Waals surface area contributed by atoms with Crippen molar-refractivity contribution in [3.63, 3.8) is 0 Å². The highest BCUT2D eigenvalue weighted by Crippen LogP contribution is 2.33. The molecule has 2 aromatic heterocycles. The summed E-state index contributed by atoms with van der Waals surface area (Å²) in [5.74, 6) is -0.0307. The lowest BCUT2D eigenvalue weighted by Crippen LogP contribution is -2.34. The normalized spacial score (nSPS) is 17.4. The van der Waals surface area contributed by atoms with Crippen molar-refractivity contribution in [2.24, 2.45) is 0 Å². The van der Waals surface area contributed by atoms with Gasteiger partial charge >= 0.3 is 12.2 Å². The van der Waals surface area contributed by atoms with Crippen LogP contribution in [0.25, 0.3) is 0 Å². The number of halogens is 3. The van der Waals surface area contributed by atoms with Crippen LogP contribution in [0.3, 0.4) is 0 Å². The Morgan fingerprint density at radius 3 is 2.78 bits per heavy atom. The highest BCUT2D eigenvalue weighted by Gasteiger charge is 2.33. The molecule has 0 saturated carbocycles. The summed E-state index contributed by atoms with van der Waals surface area (Å²) in [5.41, 5.74) is 0.00792. The fourth-order valence-corrected chi connectivity index (χ4v) is 3.48. The molecule has 0 saturated heterocycles.